The Morgan fingerprint density at radius 1 is 1.16 bits per heavy atom. The van der Waals surface area contributed by atoms with Gasteiger partial charge in [0.2, 0.25) is 0 Å². The fraction of sp³-hybridized carbons (Fsp3) is 0.273. The van der Waals surface area contributed by atoms with E-state index >= 15 is 0 Å². The van der Waals surface area contributed by atoms with Crippen LogP contribution in [0.15, 0.2) is 53.6 Å². The van der Waals surface area contributed by atoms with E-state index in [1.54, 1.807) is 30.6 Å². The van der Waals surface area contributed by atoms with Crippen molar-refractivity contribution in [1.82, 2.24) is 29.6 Å². The van der Waals surface area contributed by atoms with Crippen LogP contribution in [0.4, 0.5) is 4.39 Å². The number of carbonyl (C=O) groups excluding carboxylic acids is 1. The monoisotopic (exact) mass is 420 g/mol. The molecule has 0 saturated carbocycles. The molecule has 0 atom stereocenters. The Kier molecular flexibility index (Phi) is 4.85. The van der Waals surface area contributed by atoms with Crippen molar-refractivity contribution in [1.29, 1.82) is 0 Å². The van der Waals surface area contributed by atoms with Crippen LogP contribution in [0.5, 0.6) is 0 Å². The number of hydrogen-bond donors (Lipinski definition) is 2. The molecule has 1 amide bonds. The molecule has 3 heterocycles. The van der Waals surface area contributed by atoms with E-state index in [1.165, 1.54) is 10.6 Å². The van der Waals surface area contributed by atoms with Gasteiger partial charge in [0.1, 0.15) is 11.6 Å². The minimum absolute atomic E-state index is 0.00187. The highest BCUT2D eigenvalue weighted by atomic mass is 19.1. The van der Waals surface area contributed by atoms with Gasteiger partial charge in [-0.05, 0) is 49.1 Å². The van der Waals surface area contributed by atoms with Crippen molar-refractivity contribution in [3.8, 4) is 5.69 Å². The Labute approximate surface area is 176 Å². The minimum Gasteiger partial charge on any atom is -0.345 e. The first-order chi connectivity index (χ1) is 15.1. The molecule has 9 heteroatoms. The van der Waals surface area contributed by atoms with Crippen molar-refractivity contribution in [3.63, 3.8) is 0 Å². The van der Waals surface area contributed by atoms with Gasteiger partial charge >= 0.3 is 5.69 Å². The lowest BCUT2D eigenvalue weighted by Gasteiger charge is -2.32. The van der Waals surface area contributed by atoms with Crippen molar-refractivity contribution in [3.05, 3.63) is 76.5 Å². The Hall–Kier alpha value is -3.75. The summed E-state index contributed by atoms with van der Waals surface area (Å²) in [6, 6.07) is 11.6. The van der Waals surface area contributed by atoms with Crippen LogP contribution in [-0.2, 0) is 6.42 Å². The van der Waals surface area contributed by atoms with Crippen LogP contribution in [0, 0.1) is 11.7 Å². The number of nitrogens with one attached hydrogen (secondary N) is 2. The lowest BCUT2D eigenvalue weighted by molar-refractivity contribution is 0.0690. The molecule has 0 radical (unpaired) electrons. The van der Waals surface area contributed by atoms with Crippen molar-refractivity contribution >= 4 is 16.9 Å². The number of fused-ring (bicyclic) bond motifs is 1. The van der Waals surface area contributed by atoms with Crippen molar-refractivity contribution < 1.29 is 9.18 Å². The van der Waals surface area contributed by atoms with Crippen molar-refractivity contribution in [2.45, 2.75) is 19.3 Å². The second-order valence-electron chi connectivity index (χ2n) is 7.81. The standard InChI is InChI=1S/C22H21FN6O2/c23-16-3-1-2-4-19(16)29-20(26-27-22(29)31)11-14-7-9-28(10-8-14)21(30)15-5-6-17-18(12-15)25-13-24-17/h1-6,12-14H,7-11H2,(H,24,25)(H,27,31). The van der Waals surface area contributed by atoms with Crippen LogP contribution in [0.3, 0.4) is 0 Å². The maximum Gasteiger partial charge on any atom is 0.348 e. The quantitative estimate of drug-likeness (QED) is 0.530. The number of benzene rings is 2. The van der Waals surface area contributed by atoms with Crippen LogP contribution in [-0.4, -0.2) is 48.6 Å². The largest absolute Gasteiger partial charge is 0.348 e. The molecule has 8 nitrogen and oxygen atoms in total. The minimum atomic E-state index is -0.470. The van der Waals surface area contributed by atoms with Crippen LogP contribution < -0.4 is 5.69 Å². The molecular weight excluding hydrogens is 399 g/mol. The van der Waals surface area contributed by atoms with Gasteiger partial charge in [-0.1, -0.05) is 12.1 Å². The Morgan fingerprint density at radius 2 is 1.97 bits per heavy atom. The smallest absolute Gasteiger partial charge is 0.345 e. The number of imidazole rings is 1. The molecule has 1 aliphatic rings. The zero-order chi connectivity index (χ0) is 21.4. The summed E-state index contributed by atoms with van der Waals surface area (Å²) in [6.45, 7) is 1.25. The van der Waals surface area contributed by atoms with Gasteiger partial charge in [-0.15, -0.1) is 0 Å². The second-order valence-corrected chi connectivity index (χ2v) is 7.81. The summed E-state index contributed by atoms with van der Waals surface area (Å²) >= 11 is 0. The van der Waals surface area contributed by atoms with Crippen LogP contribution in [0.2, 0.25) is 0 Å². The van der Waals surface area contributed by atoms with Gasteiger partial charge in [0.05, 0.1) is 23.0 Å². The summed E-state index contributed by atoms with van der Waals surface area (Å²) in [5, 5.41) is 6.55. The number of aromatic nitrogens is 5. The highest BCUT2D eigenvalue weighted by molar-refractivity contribution is 5.97. The second kappa shape index (κ2) is 7.82. The summed E-state index contributed by atoms with van der Waals surface area (Å²) in [5.74, 6) is 0.282. The summed E-state index contributed by atoms with van der Waals surface area (Å²) < 4.78 is 15.5. The van der Waals surface area contributed by atoms with E-state index in [9.17, 15) is 14.0 Å². The molecule has 0 aliphatic carbocycles. The van der Waals surface area contributed by atoms with E-state index in [0.717, 1.165) is 23.9 Å². The zero-order valence-corrected chi connectivity index (χ0v) is 16.7. The molecule has 0 unspecified atom stereocenters. The molecule has 2 aromatic heterocycles. The summed E-state index contributed by atoms with van der Waals surface area (Å²) in [6.07, 6.45) is 3.72. The number of rotatable bonds is 4. The van der Waals surface area contributed by atoms with Gasteiger partial charge < -0.3 is 9.88 Å². The highest BCUT2D eigenvalue weighted by Crippen LogP contribution is 2.24. The SMILES string of the molecule is O=C(c1ccc2nc[nH]c2c1)N1CCC(Cc2n[nH]c(=O)n2-c2ccccc2F)CC1. The number of carbonyl (C=O) groups is 1. The number of nitrogens with zero attached hydrogens (tertiary/aromatic N) is 4. The number of likely N-dealkylation sites (tertiary alicyclic amines) is 1. The Bertz CT molecular complexity index is 1300. The third-order valence-electron chi connectivity index (χ3n) is 5.88. The topological polar surface area (TPSA) is 99.7 Å². The predicted molar refractivity (Wildman–Crippen MR) is 113 cm³/mol. The molecule has 158 valence electrons. The fourth-order valence-corrected chi connectivity index (χ4v) is 4.20. The molecule has 0 spiro atoms. The molecular formula is C22H21FN6O2. The number of H-pyrrole nitrogens is 2. The van der Waals surface area contributed by atoms with E-state index < -0.39 is 11.5 Å². The molecule has 4 aromatic rings. The molecule has 0 bridgehead atoms. The first-order valence-corrected chi connectivity index (χ1v) is 10.2. The number of aromatic amines is 2. The average molecular weight is 420 g/mol. The maximum atomic E-state index is 14.2. The van der Waals surface area contributed by atoms with E-state index in [-0.39, 0.29) is 17.5 Å². The van der Waals surface area contributed by atoms with Crippen LogP contribution >= 0.6 is 0 Å². The molecule has 1 aliphatic heterocycles. The summed E-state index contributed by atoms with van der Waals surface area (Å²) in [4.78, 5) is 34.2. The summed E-state index contributed by atoms with van der Waals surface area (Å²) in [7, 11) is 0. The third kappa shape index (κ3) is 3.63. The fourth-order valence-electron chi connectivity index (χ4n) is 4.20. The molecule has 2 aromatic carbocycles. The Morgan fingerprint density at radius 3 is 2.77 bits per heavy atom. The van der Waals surface area contributed by atoms with Crippen LogP contribution in [0.25, 0.3) is 16.7 Å². The Balaban J connectivity index is 1.27. The van der Waals surface area contributed by atoms with Crippen LogP contribution in [0.1, 0.15) is 29.0 Å². The van der Waals surface area contributed by atoms with E-state index in [1.807, 2.05) is 17.0 Å². The number of halogens is 1. The predicted octanol–water partition coefficient (Wildman–Crippen LogP) is 2.67. The summed E-state index contributed by atoms with van der Waals surface area (Å²) in [5.41, 5.74) is 2.04. The number of amides is 1. The van der Waals surface area contributed by atoms with Gasteiger partial charge in [-0.3, -0.25) is 4.79 Å². The van der Waals surface area contributed by atoms with Gasteiger partial charge in [-0.2, -0.15) is 5.10 Å². The highest BCUT2D eigenvalue weighted by Gasteiger charge is 2.26. The number of hydrogen-bond acceptors (Lipinski definition) is 4. The molecule has 31 heavy (non-hydrogen) atoms. The maximum absolute atomic E-state index is 14.2. The van der Waals surface area contributed by atoms with E-state index in [2.05, 4.69) is 20.2 Å². The lowest BCUT2D eigenvalue weighted by Crippen LogP contribution is -2.39. The normalized spacial score (nSPS) is 14.9. The van der Waals surface area contributed by atoms with Gasteiger partial charge in [-0.25, -0.2) is 23.8 Å². The molecule has 1 saturated heterocycles. The first kappa shape index (κ1) is 19.2. The molecule has 2 N–H and O–H groups in total. The third-order valence-corrected chi connectivity index (χ3v) is 5.88. The molecule has 1 fully saturated rings. The van der Waals surface area contributed by atoms with Crippen molar-refractivity contribution in [2.24, 2.45) is 5.92 Å². The number of para-hydroxylation sites is 1. The zero-order valence-electron chi connectivity index (χ0n) is 16.7. The number of piperidine rings is 1. The average Bonchev–Trinajstić information content (AvgIpc) is 3.40. The first-order valence-electron chi connectivity index (χ1n) is 10.2. The van der Waals surface area contributed by atoms with Crippen molar-refractivity contribution in [2.75, 3.05) is 13.1 Å². The van der Waals surface area contributed by atoms with Gasteiger partial charge in [0.15, 0.2) is 0 Å². The lowest BCUT2D eigenvalue weighted by atomic mass is 9.92. The van der Waals surface area contributed by atoms with E-state index in [0.29, 0.717) is 30.9 Å². The van der Waals surface area contributed by atoms with Gasteiger partial charge in [0.25, 0.3) is 5.91 Å². The van der Waals surface area contributed by atoms with E-state index in [4.69, 9.17) is 0 Å². The van der Waals surface area contributed by atoms with Gasteiger partial charge in [0, 0.05) is 25.1 Å². The molecule has 5 rings (SSSR count).